The van der Waals surface area contributed by atoms with Gasteiger partial charge in [0.1, 0.15) is 11.5 Å². The quantitative estimate of drug-likeness (QED) is 0.759. The molecule has 1 heterocycles. The predicted molar refractivity (Wildman–Crippen MR) is 87.8 cm³/mol. The van der Waals surface area contributed by atoms with Gasteiger partial charge >= 0.3 is 0 Å². The summed E-state index contributed by atoms with van der Waals surface area (Å²) >= 11 is 0. The number of imidazole rings is 1. The molecule has 0 saturated carbocycles. The highest BCUT2D eigenvalue weighted by molar-refractivity contribution is 5.94. The number of hydrogen-bond donors (Lipinski definition) is 2. The molecule has 0 radical (unpaired) electrons. The Balaban J connectivity index is 1.64. The Morgan fingerprint density at radius 2 is 1.83 bits per heavy atom. The van der Waals surface area contributed by atoms with Crippen LogP contribution in [0.15, 0.2) is 48.5 Å². The summed E-state index contributed by atoms with van der Waals surface area (Å²) in [4.78, 5) is 19.5. The van der Waals surface area contributed by atoms with Gasteiger partial charge in [-0.15, -0.1) is 0 Å². The molecule has 6 heteroatoms. The predicted octanol–water partition coefficient (Wildman–Crippen LogP) is 2.98. The number of benzene rings is 2. The van der Waals surface area contributed by atoms with Crippen LogP contribution in [0.1, 0.15) is 6.92 Å². The maximum Gasteiger partial charge on any atom is 0.267 e. The number of nitrogens with zero attached hydrogens (tertiary/aromatic N) is 1. The normalized spacial score (nSPS) is 11.9. The van der Waals surface area contributed by atoms with Gasteiger partial charge in [0.25, 0.3) is 5.91 Å². The smallest absolute Gasteiger partial charge is 0.267 e. The third kappa shape index (κ3) is 3.42. The van der Waals surface area contributed by atoms with Crippen molar-refractivity contribution in [1.29, 1.82) is 0 Å². The zero-order valence-corrected chi connectivity index (χ0v) is 12.9. The summed E-state index contributed by atoms with van der Waals surface area (Å²) in [7, 11) is 1.60. The number of H-pyrrole nitrogens is 1. The Kier molecular flexibility index (Phi) is 4.14. The average molecular weight is 311 g/mol. The summed E-state index contributed by atoms with van der Waals surface area (Å²) in [6.45, 7) is 1.68. The second kappa shape index (κ2) is 6.39. The van der Waals surface area contributed by atoms with Gasteiger partial charge in [-0.25, -0.2) is 4.98 Å². The molecule has 0 spiro atoms. The molecule has 1 amide bonds. The molecule has 2 aromatic carbocycles. The summed E-state index contributed by atoms with van der Waals surface area (Å²) in [6.07, 6.45) is -0.656. The molecular weight excluding hydrogens is 294 g/mol. The fourth-order valence-corrected chi connectivity index (χ4v) is 2.14. The number of ether oxygens (including phenoxy) is 2. The third-order valence-corrected chi connectivity index (χ3v) is 3.37. The van der Waals surface area contributed by atoms with Gasteiger partial charge in [-0.05, 0) is 43.3 Å². The Labute approximate surface area is 133 Å². The number of methoxy groups -OCH3 is 1. The zero-order valence-electron chi connectivity index (χ0n) is 12.9. The molecule has 6 nitrogen and oxygen atoms in total. The van der Waals surface area contributed by atoms with E-state index in [0.717, 1.165) is 16.8 Å². The first-order valence-electron chi connectivity index (χ1n) is 7.22. The summed E-state index contributed by atoms with van der Waals surface area (Å²) in [5, 5.41) is 2.72. The second-order valence-electron chi connectivity index (χ2n) is 5.03. The number of hydrogen-bond acceptors (Lipinski definition) is 4. The van der Waals surface area contributed by atoms with E-state index >= 15 is 0 Å². The lowest BCUT2D eigenvalue weighted by Crippen LogP contribution is -2.30. The molecule has 0 saturated heterocycles. The Morgan fingerprint density at radius 3 is 2.52 bits per heavy atom. The zero-order chi connectivity index (χ0) is 16.2. The van der Waals surface area contributed by atoms with Crippen molar-refractivity contribution in [3.63, 3.8) is 0 Å². The van der Waals surface area contributed by atoms with E-state index in [1.54, 1.807) is 38.3 Å². The van der Waals surface area contributed by atoms with Crippen LogP contribution in [-0.4, -0.2) is 29.1 Å². The summed E-state index contributed by atoms with van der Waals surface area (Å²) in [5.41, 5.74) is 1.66. The van der Waals surface area contributed by atoms with Crippen LogP contribution in [0.3, 0.4) is 0 Å². The standard InChI is InChI=1S/C17H17N3O3/c1-11(23-13-9-7-12(22-2)8-10-13)16(21)20-17-18-14-5-3-4-6-15(14)19-17/h3-11H,1-2H3,(H2,18,19,20,21)/t11-/m1/s1. The second-order valence-corrected chi connectivity index (χ2v) is 5.03. The molecule has 3 aromatic rings. The molecule has 0 fully saturated rings. The molecule has 0 aliphatic rings. The lowest BCUT2D eigenvalue weighted by Gasteiger charge is -2.14. The fourth-order valence-electron chi connectivity index (χ4n) is 2.14. The molecule has 1 atom stereocenters. The van der Waals surface area contributed by atoms with Gasteiger partial charge in [-0.2, -0.15) is 0 Å². The van der Waals surface area contributed by atoms with Crippen LogP contribution in [0.5, 0.6) is 11.5 Å². The van der Waals surface area contributed by atoms with Crippen LogP contribution in [0.2, 0.25) is 0 Å². The summed E-state index contributed by atoms with van der Waals surface area (Å²) in [5.74, 6) is 1.45. The van der Waals surface area contributed by atoms with E-state index in [1.807, 2.05) is 24.3 Å². The highest BCUT2D eigenvalue weighted by Gasteiger charge is 2.16. The first-order valence-corrected chi connectivity index (χ1v) is 7.22. The van der Waals surface area contributed by atoms with Gasteiger partial charge in [-0.1, -0.05) is 12.1 Å². The van der Waals surface area contributed by atoms with E-state index < -0.39 is 6.10 Å². The van der Waals surface area contributed by atoms with E-state index in [4.69, 9.17) is 9.47 Å². The van der Waals surface area contributed by atoms with E-state index in [2.05, 4.69) is 15.3 Å². The summed E-state index contributed by atoms with van der Waals surface area (Å²) in [6, 6.07) is 14.6. The third-order valence-electron chi connectivity index (χ3n) is 3.37. The maximum absolute atomic E-state index is 12.2. The first kappa shape index (κ1) is 14.9. The number of aromatic amines is 1. The number of anilines is 1. The SMILES string of the molecule is COc1ccc(O[C@H](C)C(=O)Nc2nc3ccccc3[nH]2)cc1. The van der Waals surface area contributed by atoms with Crippen LogP contribution in [-0.2, 0) is 4.79 Å². The number of aromatic nitrogens is 2. The highest BCUT2D eigenvalue weighted by Crippen LogP contribution is 2.19. The molecule has 0 bridgehead atoms. The molecule has 1 aromatic heterocycles. The lowest BCUT2D eigenvalue weighted by molar-refractivity contribution is -0.122. The van der Waals surface area contributed by atoms with Crippen molar-refractivity contribution in [3.05, 3.63) is 48.5 Å². The lowest BCUT2D eigenvalue weighted by atomic mass is 10.3. The van der Waals surface area contributed by atoms with Crippen LogP contribution in [0, 0.1) is 0 Å². The molecule has 23 heavy (non-hydrogen) atoms. The number of carbonyl (C=O) groups excluding carboxylic acids is 1. The minimum Gasteiger partial charge on any atom is -0.497 e. The molecule has 3 rings (SSSR count). The topological polar surface area (TPSA) is 76.2 Å². The van der Waals surface area contributed by atoms with E-state index in [0.29, 0.717) is 11.7 Å². The van der Waals surface area contributed by atoms with Crippen LogP contribution in [0.25, 0.3) is 11.0 Å². The number of rotatable bonds is 5. The minimum absolute atomic E-state index is 0.278. The number of amides is 1. The molecular formula is C17H17N3O3. The van der Waals surface area contributed by atoms with Crippen molar-refractivity contribution < 1.29 is 14.3 Å². The van der Waals surface area contributed by atoms with Gasteiger partial charge in [-0.3, -0.25) is 10.1 Å². The molecule has 2 N–H and O–H groups in total. The largest absolute Gasteiger partial charge is 0.497 e. The van der Waals surface area contributed by atoms with E-state index in [-0.39, 0.29) is 5.91 Å². The fraction of sp³-hybridized carbons (Fsp3) is 0.176. The van der Waals surface area contributed by atoms with Crippen LogP contribution < -0.4 is 14.8 Å². The highest BCUT2D eigenvalue weighted by atomic mass is 16.5. The van der Waals surface area contributed by atoms with Crippen molar-refractivity contribution in [2.75, 3.05) is 12.4 Å². The van der Waals surface area contributed by atoms with Crippen molar-refractivity contribution >= 4 is 22.9 Å². The van der Waals surface area contributed by atoms with E-state index in [9.17, 15) is 4.79 Å². The van der Waals surface area contributed by atoms with Gasteiger partial charge in [0.05, 0.1) is 18.1 Å². The first-order chi connectivity index (χ1) is 11.2. The monoisotopic (exact) mass is 311 g/mol. The number of para-hydroxylation sites is 2. The molecule has 118 valence electrons. The summed E-state index contributed by atoms with van der Waals surface area (Å²) < 4.78 is 10.7. The van der Waals surface area contributed by atoms with Crippen LogP contribution in [0.4, 0.5) is 5.95 Å². The van der Waals surface area contributed by atoms with Crippen molar-refractivity contribution in [2.24, 2.45) is 0 Å². The number of carbonyl (C=O) groups is 1. The van der Waals surface area contributed by atoms with Crippen molar-refractivity contribution in [3.8, 4) is 11.5 Å². The Morgan fingerprint density at radius 1 is 1.13 bits per heavy atom. The van der Waals surface area contributed by atoms with E-state index in [1.165, 1.54) is 0 Å². The maximum atomic E-state index is 12.2. The minimum atomic E-state index is -0.656. The average Bonchev–Trinajstić information content (AvgIpc) is 2.97. The van der Waals surface area contributed by atoms with Gasteiger partial charge < -0.3 is 14.5 Å². The van der Waals surface area contributed by atoms with Gasteiger partial charge in [0.15, 0.2) is 6.10 Å². The van der Waals surface area contributed by atoms with Crippen molar-refractivity contribution in [1.82, 2.24) is 9.97 Å². The Bertz CT molecular complexity index is 778. The van der Waals surface area contributed by atoms with Crippen molar-refractivity contribution in [2.45, 2.75) is 13.0 Å². The number of fused-ring (bicyclic) bond motifs is 1. The van der Waals surface area contributed by atoms with Crippen LogP contribution >= 0.6 is 0 Å². The molecule has 0 unspecified atom stereocenters. The Hall–Kier alpha value is -3.02. The molecule has 0 aliphatic carbocycles. The number of nitrogens with one attached hydrogen (secondary N) is 2. The molecule has 0 aliphatic heterocycles. The van der Waals surface area contributed by atoms with Gasteiger partial charge in [0, 0.05) is 0 Å². The van der Waals surface area contributed by atoms with Gasteiger partial charge in [0.2, 0.25) is 5.95 Å².